The monoisotopic (exact) mass is 408 g/mol. The molecule has 5 nitrogen and oxygen atoms in total. The number of aryl methyl sites for hydroxylation is 1. The molecule has 30 heavy (non-hydrogen) atoms. The van der Waals surface area contributed by atoms with Crippen LogP contribution in [0.25, 0.3) is 6.08 Å². The van der Waals surface area contributed by atoms with E-state index in [4.69, 9.17) is 14.2 Å². The molecular weight excluding hydrogens is 380 g/mol. The molecule has 158 valence electrons. The largest absolute Gasteiger partial charge is 0.468 e. The van der Waals surface area contributed by atoms with Gasteiger partial charge in [0.05, 0.1) is 20.3 Å². The first-order valence-electron chi connectivity index (χ1n) is 10.2. The van der Waals surface area contributed by atoms with Gasteiger partial charge < -0.3 is 14.2 Å². The molecule has 2 atom stereocenters. The normalized spacial score (nSPS) is 20.6. The van der Waals surface area contributed by atoms with Crippen molar-refractivity contribution in [1.29, 1.82) is 0 Å². The van der Waals surface area contributed by atoms with E-state index in [0.29, 0.717) is 12.8 Å². The summed E-state index contributed by atoms with van der Waals surface area (Å²) in [6.07, 6.45) is 5.36. The second-order valence-electron chi connectivity index (χ2n) is 7.47. The molecule has 3 rings (SSSR count). The van der Waals surface area contributed by atoms with Crippen molar-refractivity contribution in [3.8, 4) is 0 Å². The first-order valence-corrected chi connectivity index (χ1v) is 10.2. The van der Waals surface area contributed by atoms with E-state index in [2.05, 4.69) is 12.1 Å². The van der Waals surface area contributed by atoms with Crippen molar-refractivity contribution in [2.24, 2.45) is 5.41 Å². The molecule has 0 N–H and O–H groups in total. The SMILES string of the molecule is COC(=O)C1(C(=O)OC)CC[C@@H](CCc2ccccc2)O[C@H]1/C=C/c1ccccc1. The zero-order valence-electron chi connectivity index (χ0n) is 17.5. The lowest BCUT2D eigenvalue weighted by Gasteiger charge is -2.41. The van der Waals surface area contributed by atoms with Crippen LogP contribution in [0.2, 0.25) is 0 Å². The molecule has 1 aliphatic rings. The van der Waals surface area contributed by atoms with Gasteiger partial charge in [-0.25, -0.2) is 0 Å². The van der Waals surface area contributed by atoms with Crippen molar-refractivity contribution < 1.29 is 23.8 Å². The molecule has 1 aliphatic heterocycles. The molecule has 0 aliphatic carbocycles. The van der Waals surface area contributed by atoms with Gasteiger partial charge in [0, 0.05) is 0 Å². The zero-order chi connectivity index (χ0) is 21.4. The van der Waals surface area contributed by atoms with E-state index in [1.807, 2.05) is 54.6 Å². The van der Waals surface area contributed by atoms with Crippen molar-refractivity contribution in [1.82, 2.24) is 0 Å². The molecule has 0 bridgehead atoms. The summed E-state index contributed by atoms with van der Waals surface area (Å²) in [6.45, 7) is 0. The predicted molar refractivity (Wildman–Crippen MR) is 115 cm³/mol. The average molecular weight is 408 g/mol. The third kappa shape index (κ3) is 4.79. The van der Waals surface area contributed by atoms with Crippen LogP contribution in [0.5, 0.6) is 0 Å². The van der Waals surface area contributed by atoms with Crippen LogP contribution in [0.1, 0.15) is 30.4 Å². The van der Waals surface area contributed by atoms with Crippen LogP contribution in [0.3, 0.4) is 0 Å². The zero-order valence-corrected chi connectivity index (χ0v) is 17.5. The lowest BCUT2D eigenvalue weighted by atomic mass is 9.74. The highest BCUT2D eigenvalue weighted by Crippen LogP contribution is 2.41. The van der Waals surface area contributed by atoms with Crippen molar-refractivity contribution >= 4 is 18.0 Å². The van der Waals surface area contributed by atoms with E-state index >= 15 is 0 Å². The van der Waals surface area contributed by atoms with Gasteiger partial charge in [-0.05, 0) is 36.8 Å². The van der Waals surface area contributed by atoms with E-state index in [1.54, 1.807) is 6.08 Å². The van der Waals surface area contributed by atoms with Crippen LogP contribution in [0, 0.1) is 5.41 Å². The third-order valence-electron chi connectivity index (χ3n) is 5.65. The Morgan fingerprint density at radius 2 is 1.60 bits per heavy atom. The Labute approximate surface area is 177 Å². The molecule has 0 aromatic heterocycles. The number of benzene rings is 2. The fraction of sp³-hybridized carbons (Fsp3) is 0.360. The van der Waals surface area contributed by atoms with Gasteiger partial charge in [-0.1, -0.05) is 72.8 Å². The van der Waals surface area contributed by atoms with Gasteiger partial charge in [0.15, 0.2) is 5.41 Å². The number of hydrogen-bond acceptors (Lipinski definition) is 5. The van der Waals surface area contributed by atoms with Crippen molar-refractivity contribution in [2.75, 3.05) is 14.2 Å². The Morgan fingerprint density at radius 3 is 2.20 bits per heavy atom. The highest BCUT2D eigenvalue weighted by Gasteiger charge is 2.57. The Bertz CT molecular complexity index is 844. The number of ether oxygens (including phenoxy) is 3. The summed E-state index contributed by atoms with van der Waals surface area (Å²) in [6, 6.07) is 19.9. The minimum atomic E-state index is -1.50. The maximum absolute atomic E-state index is 12.8. The summed E-state index contributed by atoms with van der Waals surface area (Å²) in [5.41, 5.74) is 0.685. The molecule has 0 spiro atoms. The predicted octanol–water partition coefficient (Wildman–Crippen LogP) is 4.21. The smallest absolute Gasteiger partial charge is 0.326 e. The highest BCUT2D eigenvalue weighted by molar-refractivity contribution is 6.01. The van der Waals surface area contributed by atoms with Gasteiger partial charge >= 0.3 is 11.9 Å². The fourth-order valence-corrected chi connectivity index (χ4v) is 3.96. The van der Waals surface area contributed by atoms with Crippen LogP contribution in [0.15, 0.2) is 66.7 Å². The lowest BCUT2D eigenvalue weighted by molar-refractivity contribution is -0.191. The molecular formula is C25H28O5. The molecule has 0 radical (unpaired) electrons. The molecule has 2 aromatic carbocycles. The average Bonchev–Trinajstić information content (AvgIpc) is 2.81. The van der Waals surface area contributed by atoms with Crippen molar-refractivity contribution in [2.45, 2.75) is 37.9 Å². The van der Waals surface area contributed by atoms with E-state index < -0.39 is 23.5 Å². The number of carbonyl (C=O) groups is 2. The first kappa shape index (κ1) is 21.8. The molecule has 2 aromatic rings. The van der Waals surface area contributed by atoms with Gasteiger partial charge in [0.25, 0.3) is 0 Å². The Balaban J connectivity index is 1.84. The summed E-state index contributed by atoms with van der Waals surface area (Å²) >= 11 is 0. The summed E-state index contributed by atoms with van der Waals surface area (Å²) in [4.78, 5) is 25.5. The van der Waals surface area contributed by atoms with Crippen LogP contribution >= 0.6 is 0 Å². The molecule has 0 saturated carbocycles. The van der Waals surface area contributed by atoms with Crippen LogP contribution in [-0.2, 0) is 30.2 Å². The summed E-state index contributed by atoms with van der Waals surface area (Å²) in [5.74, 6) is -1.25. The van der Waals surface area contributed by atoms with Crippen molar-refractivity contribution in [3.05, 3.63) is 77.9 Å². The Hall–Kier alpha value is -2.92. The quantitative estimate of drug-likeness (QED) is 0.507. The second kappa shape index (κ2) is 10.2. The van der Waals surface area contributed by atoms with Crippen LogP contribution < -0.4 is 0 Å². The molecule has 0 amide bonds. The molecule has 1 saturated heterocycles. The topological polar surface area (TPSA) is 61.8 Å². The van der Waals surface area contributed by atoms with E-state index in [9.17, 15) is 9.59 Å². The molecule has 0 unspecified atom stereocenters. The Kier molecular flexibility index (Phi) is 7.41. The maximum Gasteiger partial charge on any atom is 0.326 e. The maximum atomic E-state index is 12.8. The Morgan fingerprint density at radius 1 is 1.00 bits per heavy atom. The summed E-state index contributed by atoms with van der Waals surface area (Å²) in [5, 5.41) is 0. The first-order chi connectivity index (χ1) is 14.6. The molecule has 1 heterocycles. The van der Waals surface area contributed by atoms with Crippen molar-refractivity contribution in [3.63, 3.8) is 0 Å². The van der Waals surface area contributed by atoms with Gasteiger partial charge in [-0.2, -0.15) is 0 Å². The number of rotatable bonds is 7. The highest BCUT2D eigenvalue weighted by atomic mass is 16.6. The summed E-state index contributed by atoms with van der Waals surface area (Å²) in [7, 11) is 2.57. The van der Waals surface area contributed by atoms with E-state index in [0.717, 1.165) is 18.4 Å². The fourth-order valence-electron chi connectivity index (χ4n) is 3.96. The van der Waals surface area contributed by atoms with Gasteiger partial charge in [-0.15, -0.1) is 0 Å². The lowest BCUT2D eigenvalue weighted by Crippen LogP contribution is -2.54. The standard InChI is InChI=1S/C25H28O5/c1-28-23(26)25(24(27)29-2)18-17-21(15-13-19-9-5-3-6-10-19)30-22(25)16-14-20-11-7-4-8-12-20/h3-12,14,16,21-22H,13,15,17-18H2,1-2H3/b16-14+/t21-,22+/m1/s1. The molecule has 5 heteroatoms. The van der Waals surface area contributed by atoms with E-state index in [1.165, 1.54) is 19.8 Å². The third-order valence-corrected chi connectivity index (χ3v) is 5.65. The number of carbonyl (C=O) groups excluding carboxylic acids is 2. The molecule has 1 fully saturated rings. The minimum Gasteiger partial charge on any atom is -0.468 e. The number of methoxy groups -OCH3 is 2. The van der Waals surface area contributed by atoms with Crippen LogP contribution in [-0.4, -0.2) is 38.4 Å². The summed E-state index contributed by atoms with van der Waals surface area (Å²) < 4.78 is 16.3. The van der Waals surface area contributed by atoms with Gasteiger partial charge in [-0.3, -0.25) is 9.59 Å². The van der Waals surface area contributed by atoms with Gasteiger partial charge in [0.2, 0.25) is 0 Å². The number of esters is 2. The van der Waals surface area contributed by atoms with Gasteiger partial charge in [0.1, 0.15) is 6.10 Å². The van der Waals surface area contributed by atoms with Crippen LogP contribution in [0.4, 0.5) is 0 Å². The minimum absolute atomic E-state index is 0.0712. The van der Waals surface area contributed by atoms with E-state index in [-0.39, 0.29) is 6.10 Å². The second-order valence-corrected chi connectivity index (χ2v) is 7.47. The number of hydrogen-bond donors (Lipinski definition) is 0.